The number of thiophene rings is 1. The molecule has 1 heterocycles. The fraction of sp³-hybridized carbons (Fsp3) is 0.714. The number of rotatable bonds is 5. The van der Waals surface area contributed by atoms with Crippen molar-refractivity contribution in [1.82, 2.24) is 5.32 Å². The highest BCUT2D eigenvalue weighted by molar-refractivity contribution is 7.12. The first-order valence-electron chi connectivity index (χ1n) is 6.33. The third kappa shape index (κ3) is 4.78. The fourth-order valence-electron chi connectivity index (χ4n) is 1.64. The van der Waals surface area contributed by atoms with Crippen molar-refractivity contribution in [3.63, 3.8) is 0 Å². The second kappa shape index (κ2) is 5.98. The standard InChI is InChI=1S/C14H26N2S/c1-10-8-12(17-11(10)2)9-16-7-6-13(15)14(3,4)5/h8,13,16H,6-7,9,15H2,1-5H3. The van der Waals surface area contributed by atoms with Crippen LogP contribution in [0.3, 0.4) is 0 Å². The maximum Gasteiger partial charge on any atom is 0.0299 e. The van der Waals surface area contributed by atoms with Gasteiger partial charge in [0.2, 0.25) is 0 Å². The van der Waals surface area contributed by atoms with Crippen molar-refractivity contribution in [1.29, 1.82) is 0 Å². The van der Waals surface area contributed by atoms with Gasteiger partial charge < -0.3 is 11.1 Å². The third-order valence-electron chi connectivity index (χ3n) is 3.26. The minimum Gasteiger partial charge on any atom is -0.327 e. The Balaban J connectivity index is 2.25. The SMILES string of the molecule is Cc1cc(CNCCC(N)C(C)(C)C)sc1C. The van der Waals surface area contributed by atoms with E-state index in [1.165, 1.54) is 15.3 Å². The van der Waals surface area contributed by atoms with E-state index in [0.29, 0.717) is 0 Å². The molecule has 0 aliphatic heterocycles. The Morgan fingerprint density at radius 1 is 1.35 bits per heavy atom. The number of aryl methyl sites for hydroxylation is 2. The van der Waals surface area contributed by atoms with Gasteiger partial charge in [-0.2, -0.15) is 0 Å². The lowest BCUT2D eigenvalue weighted by atomic mass is 9.85. The minimum atomic E-state index is 0.206. The predicted molar refractivity (Wildman–Crippen MR) is 77.5 cm³/mol. The molecular formula is C14H26N2S. The summed E-state index contributed by atoms with van der Waals surface area (Å²) in [4.78, 5) is 2.84. The van der Waals surface area contributed by atoms with Crippen LogP contribution < -0.4 is 11.1 Å². The summed E-state index contributed by atoms with van der Waals surface area (Å²) < 4.78 is 0. The van der Waals surface area contributed by atoms with Gasteiger partial charge in [-0.25, -0.2) is 0 Å². The Hall–Kier alpha value is -0.380. The molecule has 0 spiro atoms. The molecule has 0 aromatic carbocycles. The molecule has 0 aliphatic rings. The Morgan fingerprint density at radius 2 is 2.00 bits per heavy atom. The van der Waals surface area contributed by atoms with Crippen LogP contribution in [0.2, 0.25) is 0 Å². The molecule has 17 heavy (non-hydrogen) atoms. The van der Waals surface area contributed by atoms with Crippen molar-refractivity contribution in [3.05, 3.63) is 21.4 Å². The second-order valence-corrected chi connectivity index (χ2v) is 7.23. The monoisotopic (exact) mass is 254 g/mol. The zero-order valence-corrected chi connectivity index (χ0v) is 12.6. The van der Waals surface area contributed by atoms with E-state index in [-0.39, 0.29) is 11.5 Å². The van der Waals surface area contributed by atoms with Crippen LogP contribution in [-0.4, -0.2) is 12.6 Å². The van der Waals surface area contributed by atoms with E-state index in [1.54, 1.807) is 0 Å². The third-order valence-corrected chi connectivity index (χ3v) is 4.41. The van der Waals surface area contributed by atoms with Crippen LogP contribution in [0.1, 0.15) is 42.5 Å². The average Bonchev–Trinajstić information content (AvgIpc) is 2.51. The van der Waals surface area contributed by atoms with Gasteiger partial charge >= 0.3 is 0 Å². The molecule has 0 aliphatic carbocycles. The quantitative estimate of drug-likeness (QED) is 0.792. The van der Waals surface area contributed by atoms with Gasteiger partial charge in [0.05, 0.1) is 0 Å². The number of hydrogen-bond acceptors (Lipinski definition) is 3. The highest BCUT2D eigenvalue weighted by Gasteiger charge is 2.19. The summed E-state index contributed by atoms with van der Waals surface area (Å²) >= 11 is 1.88. The maximum atomic E-state index is 6.12. The van der Waals surface area contributed by atoms with E-state index in [1.807, 2.05) is 11.3 Å². The topological polar surface area (TPSA) is 38.0 Å². The first-order valence-corrected chi connectivity index (χ1v) is 7.14. The Labute approximate surface area is 110 Å². The number of nitrogens with one attached hydrogen (secondary N) is 1. The Morgan fingerprint density at radius 3 is 2.47 bits per heavy atom. The average molecular weight is 254 g/mol. The van der Waals surface area contributed by atoms with E-state index in [2.05, 4.69) is 46.0 Å². The van der Waals surface area contributed by atoms with Crippen LogP contribution in [0.25, 0.3) is 0 Å². The van der Waals surface area contributed by atoms with Gasteiger partial charge in [-0.3, -0.25) is 0 Å². The minimum absolute atomic E-state index is 0.206. The first kappa shape index (κ1) is 14.7. The summed E-state index contributed by atoms with van der Waals surface area (Å²) in [5.74, 6) is 0. The summed E-state index contributed by atoms with van der Waals surface area (Å²) in [6.07, 6.45) is 1.03. The molecule has 1 atom stereocenters. The summed E-state index contributed by atoms with van der Waals surface area (Å²) in [6, 6.07) is 2.54. The maximum absolute atomic E-state index is 6.12. The first-order chi connectivity index (χ1) is 7.80. The molecule has 1 unspecified atom stereocenters. The van der Waals surface area contributed by atoms with Crippen molar-refractivity contribution in [2.24, 2.45) is 11.1 Å². The molecule has 1 rings (SSSR count). The van der Waals surface area contributed by atoms with Crippen molar-refractivity contribution >= 4 is 11.3 Å². The van der Waals surface area contributed by atoms with Gasteiger partial charge in [-0.1, -0.05) is 20.8 Å². The van der Waals surface area contributed by atoms with E-state index >= 15 is 0 Å². The van der Waals surface area contributed by atoms with E-state index < -0.39 is 0 Å². The Bertz CT molecular complexity index is 330. The van der Waals surface area contributed by atoms with Crippen molar-refractivity contribution < 1.29 is 0 Å². The molecule has 3 N–H and O–H groups in total. The van der Waals surface area contributed by atoms with Gasteiger partial charge in [-0.05, 0) is 43.9 Å². The predicted octanol–water partition coefficient (Wildman–Crippen LogP) is 3.22. The zero-order valence-electron chi connectivity index (χ0n) is 11.8. The molecule has 0 saturated heterocycles. The van der Waals surface area contributed by atoms with E-state index in [9.17, 15) is 0 Å². The van der Waals surface area contributed by atoms with Crippen molar-refractivity contribution in [2.75, 3.05) is 6.54 Å². The molecule has 0 saturated carbocycles. The molecule has 2 nitrogen and oxygen atoms in total. The van der Waals surface area contributed by atoms with Crippen LogP contribution in [-0.2, 0) is 6.54 Å². The summed E-state index contributed by atoms with van der Waals surface area (Å²) in [7, 11) is 0. The van der Waals surface area contributed by atoms with Crippen LogP contribution in [0, 0.1) is 19.3 Å². The molecule has 1 aromatic heterocycles. The molecule has 0 fully saturated rings. The van der Waals surface area contributed by atoms with E-state index in [4.69, 9.17) is 5.73 Å². The highest BCUT2D eigenvalue weighted by Crippen LogP contribution is 2.21. The lowest BCUT2D eigenvalue weighted by molar-refractivity contribution is 0.302. The molecule has 0 bridgehead atoms. The van der Waals surface area contributed by atoms with Gasteiger partial charge in [-0.15, -0.1) is 11.3 Å². The van der Waals surface area contributed by atoms with Gasteiger partial charge in [0.25, 0.3) is 0 Å². The molecule has 0 amide bonds. The summed E-state index contributed by atoms with van der Waals surface area (Å²) in [6.45, 7) is 12.9. The smallest absolute Gasteiger partial charge is 0.0299 e. The van der Waals surface area contributed by atoms with Crippen LogP contribution >= 0.6 is 11.3 Å². The van der Waals surface area contributed by atoms with Gasteiger partial charge in [0, 0.05) is 22.3 Å². The zero-order chi connectivity index (χ0) is 13.1. The van der Waals surface area contributed by atoms with Crippen LogP contribution in [0.15, 0.2) is 6.07 Å². The molecular weight excluding hydrogens is 228 g/mol. The summed E-state index contributed by atoms with van der Waals surface area (Å²) in [5, 5.41) is 3.48. The van der Waals surface area contributed by atoms with Gasteiger partial charge in [0.15, 0.2) is 0 Å². The lowest BCUT2D eigenvalue weighted by Crippen LogP contribution is -2.37. The lowest BCUT2D eigenvalue weighted by Gasteiger charge is -2.27. The fourth-order valence-corrected chi connectivity index (χ4v) is 2.66. The normalized spacial score (nSPS) is 14.0. The molecule has 98 valence electrons. The number of hydrogen-bond donors (Lipinski definition) is 2. The molecule has 0 radical (unpaired) electrons. The number of nitrogens with two attached hydrogens (primary N) is 1. The van der Waals surface area contributed by atoms with Gasteiger partial charge in [0.1, 0.15) is 0 Å². The van der Waals surface area contributed by atoms with Crippen molar-refractivity contribution in [3.8, 4) is 0 Å². The largest absolute Gasteiger partial charge is 0.327 e. The molecule has 3 heteroatoms. The highest BCUT2D eigenvalue weighted by atomic mass is 32.1. The molecule has 1 aromatic rings. The van der Waals surface area contributed by atoms with Crippen LogP contribution in [0.4, 0.5) is 0 Å². The van der Waals surface area contributed by atoms with Crippen molar-refractivity contribution in [2.45, 2.75) is 53.6 Å². The second-order valence-electron chi connectivity index (χ2n) is 5.89. The van der Waals surface area contributed by atoms with E-state index in [0.717, 1.165) is 19.5 Å². The van der Waals surface area contributed by atoms with Crippen LogP contribution in [0.5, 0.6) is 0 Å². The Kier molecular flexibility index (Phi) is 5.17. The summed E-state index contributed by atoms with van der Waals surface area (Å²) in [5.41, 5.74) is 7.73.